The number of carboxylic acids is 1. The van der Waals surface area contributed by atoms with Crippen LogP contribution in [0.5, 0.6) is 0 Å². The molecule has 30 heavy (non-hydrogen) atoms. The molecule has 12 nitrogen and oxygen atoms in total. The van der Waals surface area contributed by atoms with Gasteiger partial charge in [-0.25, -0.2) is 4.79 Å². The third kappa shape index (κ3) is 6.95. The van der Waals surface area contributed by atoms with Crippen LogP contribution in [0.4, 0.5) is 0 Å². The third-order valence-electron chi connectivity index (χ3n) is 4.95. The number of carboxylic acid groups (broad SMARTS) is 1. The van der Waals surface area contributed by atoms with Gasteiger partial charge in [-0.05, 0) is 25.2 Å². The highest BCUT2D eigenvalue weighted by Crippen LogP contribution is 2.20. The molecule has 0 bridgehead atoms. The van der Waals surface area contributed by atoms with Gasteiger partial charge >= 0.3 is 5.97 Å². The molecule has 170 valence electrons. The predicted octanol–water partition coefficient (Wildman–Crippen LogP) is -2.73. The molecule has 1 rings (SSSR count). The minimum absolute atomic E-state index is 0.119. The van der Waals surface area contributed by atoms with Gasteiger partial charge in [0.2, 0.25) is 23.6 Å². The van der Waals surface area contributed by atoms with Crippen LogP contribution in [0.3, 0.4) is 0 Å². The Hall–Kier alpha value is -2.73. The van der Waals surface area contributed by atoms with E-state index in [0.29, 0.717) is 19.4 Å². The number of carbonyl (C=O) groups excluding carboxylic acids is 4. The molecule has 4 unspecified atom stereocenters. The van der Waals surface area contributed by atoms with Crippen LogP contribution in [-0.4, -0.2) is 82.0 Å². The second-order valence-corrected chi connectivity index (χ2v) is 7.61. The molecule has 0 aromatic carbocycles. The number of nitrogens with one attached hydrogen (secondary N) is 2. The van der Waals surface area contributed by atoms with Gasteiger partial charge in [-0.15, -0.1) is 0 Å². The summed E-state index contributed by atoms with van der Waals surface area (Å²) in [5.74, 6) is -4.18. The van der Waals surface area contributed by atoms with Gasteiger partial charge < -0.3 is 37.2 Å². The van der Waals surface area contributed by atoms with E-state index in [-0.39, 0.29) is 24.7 Å². The van der Waals surface area contributed by atoms with Gasteiger partial charge in [0.1, 0.15) is 18.1 Å². The number of hydrogen-bond acceptors (Lipinski definition) is 7. The maximum atomic E-state index is 12.6. The molecule has 0 aromatic rings. The number of rotatable bonds is 11. The fourth-order valence-electron chi connectivity index (χ4n) is 3.06. The Kier molecular flexibility index (Phi) is 9.66. The topological polar surface area (TPSA) is 205 Å². The van der Waals surface area contributed by atoms with E-state index in [1.165, 1.54) is 4.90 Å². The van der Waals surface area contributed by atoms with Crippen molar-refractivity contribution in [3.05, 3.63) is 0 Å². The molecule has 0 spiro atoms. The van der Waals surface area contributed by atoms with E-state index in [9.17, 15) is 29.1 Å². The molecule has 0 radical (unpaired) electrons. The summed E-state index contributed by atoms with van der Waals surface area (Å²) in [7, 11) is 0. The van der Waals surface area contributed by atoms with Crippen molar-refractivity contribution in [1.29, 1.82) is 0 Å². The van der Waals surface area contributed by atoms with E-state index in [1.807, 2.05) is 0 Å². The quantitative estimate of drug-likeness (QED) is 0.203. The summed E-state index contributed by atoms with van der Waals surface area (Å²) < 4.78 is 0. The number of carbonyl (C=O) groups is 5. The number of nitrogens with two attached hydrogens (primary N) is 2. The van der Waals surface area contributed by atoms with Crippen LogP contribution in [0.15, 0.2) is 0 Å². The zero-order chi connectivity index (χ0) is 23.0. The SMILES string of the molecule is CC(C)C(N)C(=O)N1CCCC1C(=O)NC(CO)C(=O)NC(CCC(N)=O)C(=O)O. The summed E-state index contributed by atoms with van der Waals surface area (Å²) in [4.78, 5) is 61.0. The van der Waals surface area contributed by atoms with Crippen molar-refractivity contribution in [1.82, 2.24) is 15.5 Å². The molecule has 12 heteroatoms. The van der Waals surface area contributed by atoms with E-state index in [0.717, 1.165) is 0 Å². The van der Waals surface area contributed by atoms with Crippen LogP contribution in [0, 0.1) is 5.92 Å². The van der Waals surface area contributed by atoms with Crippen molar-refractivity contribution in [2.24, 2.45) is 17.4 Å². The number of primary amides is 1. The largest absolute Gasteiger partial charge is 0.480 e. The van der Waals surface area contributed by atoms with E-state index in [4.69, 9.17) is 16.6 Å². The highest BCUT2D eigenvalue weighted by atomic mass is 16.4. The van der Waals surface area contributed by atoms with Crippen molar-refractivity contribution >= 4 is 29.6 Å². The molecule has 1 aliphatic rings. The Morgan fingerprint density at radius 1 is 1.13 bits per heavy atom. The molecule has 1 aliphatic heterocycles. The monoisotopic (exact) mass is 429 g/mol. The molecule has 1 fully saturated rings. The number of nitrogens with zero attached hydrogens (tertiary/aromatic N) is 1. The van der Waals surface area contributed by atoms with Crippen molar-refractivity contribution in [3.8, 4) is 0 Å². The number of likely N-dealkylation sites (tertiary alicyclic amines) is 1. The lowest BCUT2D eigenvalue weighted by atomic mass is 10.0. The lowest BCUT2D eigenvalue weighted by Gasteiger charge is -2.29. The Labute approximate surface area is 174 Å². The number of amides is 4. The van der Waals surface area contributed by atoms with Crippen molar-refractivity contribution < 1.29 is 34.2 Å². The Bertz CT molecular complexity index is 669. The van der Waals surface area contributed by atoms with Crippen LogP contribution >= 0.6 is 0 Å². The minimum atomic E-state index is -1.43. The number of aliphatic hydroxyl groups is 1. The fourth-order valence-corrected chi connectivity index (χ4v) is 3.06. The predicted molar refractivity (Wildman–Crippen MR) is 105 cm³/mol. The molecule has 0 aromatic heterocycles. The molecule has 1 heterocycles. The van der Waals surface area contributed by atoms with Gasteiger partial charge in [-0.2, -0.15) is 0 Å². The minimum Gasteiger partial charge on any atom is -0.480 e. The van der Waals surface area contributed by atoms with E-state index < -0.39 is 54.5 Å². The van der Waals surface area contributed by atoms with E-state index >= 15 is 0 Å². The average Bonchev–Trinajstić information content (AvgIpc) is 3.17. The van der Waals surface area contributed by atoms with E-state index in [1.54, 1.807) is 13.8 Å². The number of aliphatic hydroxyl groups excluding tert-OH is 1. The first-order valence-electron chi connectivity index (χ1n) is 9.78. The van der Waals surface area contributed by atoms with Crippen molar-refractivity contribution in [3.63, 3.8) is 0 Å². The average molecular weight is 429 g/mol. The first kappa shape index (κ1) is 25.3. The van der Waals surface area contributed by atoms with Gasteiger partial charge in [-0.3, -0.25) is 19.2 Å². The summed E-state index contributed by atoms with van der Waals surface area (Å²) in [6, 6.07) is -4.44. The van der Waals surface area contributed by atoms with Crippen molar-refractivity contribution in [2.75, 3.05) is 13.2 Å². The maximum Gasteiger partial charge on any atom is 0.326 e. The molecular weight excluding hydrogens is 398 g/mol. The van der Waals surface area contributed by atoms with Crippen molar-refractivity contribution in [2.45, 2.75) is 63.7 Å². The fraction of sp³-hybridized carbons (Fsp3) is 0.722. The molecule has 0 aliphatic carbocycles. The highest BCUT2D eigenvalue weighted by Gasteiger charge is 2.38. The smallest absolute Gasteiger partial charge is 0.326 e. The molecule has 4 amide bonds. The van der Waals surface area contributed by atoms with Gasteiger partial charge in [0.05, 0.1) is 12.6 Å². The van der Waals surface area contributed by atoms with Gasteiger partial charge in [-0.1, -0.05) is 13.8 Å². The Balaban J connectivity index is 2.78. The maximum absolute atomic E-state index is 12.6. The molecule has 1 saturated heterocycles. The van der Waals surface area contributed by atoms with Gasteiger partial charge in [0.25, 0.3) is 0 Å². The van der Waals surface area contributed by atoms with Crippen LogP contribution < -0.4 is 22.1 Å². The summed E-state index contributed by atoms with van der Waals surface area (Å²) >= 11 is 0. The lowest BCUT2D eigenvalue weighted by molar-refractivity contribution is -0.143. The second kappa shape index (κ2) is 11.5. The van der Waals surface area contributed by atoms with Gasteiger partial charge in [0.15, 0.2) is 0 Å². The Morgan fingerprint density at radius 2 is 1.77 bits per heavy atom. The zero-order valence-electron chi connectivity index (χ0n) is 17.2. The van der Waals surface area contributed by atoms with Crippen LogP contribution in [0.2, 0.25) is 0 Å². The van der Waals surface area contributed by atoms with Crippen LogP contribution in [0.1, 0.15) is 39.5 Å². The van der Waals surface area contributed by atoms with Gasteiger partial charge in [0, 0.05) is 13.0 Å². The number of aliphatic carboxylic acids is 1. The Morgan fingerprint density at radius 3 is 2.27 bits per heavy atom. The molecule has 0 saturated carbocycles. The normalized spacial score (nSPS) is 19.1. The highest BCUT2D eigenvalue weighted by molar-refractivity contribution is 5.94. The summed E-state index contributed by atoms with van der Waals surface area (Å²) in [5.41, 5.74) is 10.9. The van der Waals surface area contributed by atoms with E-state index in [2.05, 4.69) is 10.6 Å². The summed E-state index contributed by atoms with van der Waals surface area (Å²) in [5, 5.41) is 23.2. The van der Waals surface area contributed by atoms with Crippen LogP contribution in [0.25, 0.3) is 0 Å². The zero-order valence-corrected chi connectivity index (χ0v) is 17.2. The van der Waals surface area contributed by atoms with Crippen LogP contribution in [-0.2, 0) is 24.0 Å². The molecule has 8 N–H and O–H groups in total. The first-order chi connectivity index (χ1) is 14.0. The summed E-state index contributed by atoms with van der Waals surface area (Å²) in [6.45, 7) is 3.14. The standard InChI is InChI=1S/C18H31N5O7/c1-9(2)14(20)17(28)23-7-3-4-12(23)16(27)22-11(8-24)15(26)21-10(18(29)30)5-6-13(19)25/h9-12,14,24H,3-8,20H2,1-2H3,(H2,19,25)(H,21,26)(H,22,27)(H,29,30). The molecule has 4 atom stereocenters. The number of hydrogen-bond donors (Lipinski definition) is 6. The molecular formula is C18H31N5O7. The lowest BCUT2D eigenvalue weighted by Crippen LogP contribution is -2.58. The summed E-state index contributed by atoms with van der Waals surface area (Å²) in [6.07, 6.45) is 0.459. The second-order valence-electron chi connectivity index (χ2n) is 7.61. The third-order valence-corrected chi connectivity index (χ3v) is 4.95. The first-order valence-corrected chi connectivity index (χ1v) is 9.78.